The molecule has 2 N–H and O–H groups in total. The SMILES string of the molecule is COC[C@]1(C)C[C@@H](NC[C@H](Cc2ccccc2)NC(=O)OC(C)(C)C)C1. The van der Waals surface area contributed by atoms with Crippen molar-refractivity contribution in [3.8, 4) is 0 Å². The van der Waals surface area contributed by atoms with Gasteiger partial charge in [0.25, 0.3) is 0 Å². The summed E-state index contributed by atoms with van der Waals surface area (Å²) in [5.41, 5.74) is 0.984. The van der Waals surface area contributed by atoms with Crippen molar-refractivity contribution >= 4 is 6.09 Å². The van der Waals surface area contributed by atoms with Crippen LogP contribution in [-0.4, -0.2) is 44.0 Å². The van der Waals surface area contributed by atoms with E-state index in [4.69, 9.17) is 9.47 Å². The van der Waals surface area contributed by atoms with E-state index in [1.165, 1.54) is 5.56 Å². The monoisotopic (exact) mass is 362 g/mol. The quantitative estimate of drug-likeness (QED) is 0.743. The molecule has 5 heteroatoms. The smallest absolute Gasteiger partial charge is 0.407 e. The number of rotatable bonds is 8. The predicted molar refractivity (Wildman–Crippen MR) is 104 cm³/mol. The van der Waals surface area contributed by atoms with E-state index in [9.17, 15) is 4.79 Å². The van der Waals surface area contributed by atoms with Gasteiger partial charge < -0.3 is 20.1 Å². The van der Waals surface area contributed by atoms with E-state index in [1.807, 2.05) is 39.0 Å². The number of alkyl carbamates (subject to hydrolysis) is 1. The maximum Gasteiger partial charge on any atom is 0.407 e. The van der Waals surface area contributed by atoms with Crippen molar-refractivity contribution in [2.45, 2.75) is 64.6 Å². The van der Waals surface area contributed by atoms with Gasteiger partial charge in [-0.25, -0.2) is 4.79 Å². The van der Waals surface area contributed by atoms with Crippen LogP contribution < -0.4 is 10.6 Å². The molecule has 26 heavy (non-hydrogen) atoms. The number of ether oxygens (including phenoxy) is 2. The number of methoxy groups -OCH3 is 1. The van der Waals surface area contributed by atoms with E-state index in [0.717, 1.165) is 32.4 Å². The molecule has 1 amide bonds. The standard InChI is InChI=1S/C21H34N2O3/c1-20(2,3)26-19(24)23-17(11-16-9-7-6-8-10-16)14-22-18-12-21(4,13-18)15-25-5/h6-10,17-18,22H,11-15H2,1-5H3,(H,23,24)/t17-,18-,21-/m0/s1. The summed E-state index contributed by atoms with van der Waals surface area (Å²) < 4.78 is 10.7. The molecule has 1 saturated carbocycles. The van der Waals surface area contributed by atoms with Crippen LogP contribution >= 0.6 is 0 Å². The first-order chi connectivity index (χ1) is 12.2. The Morgan fingerprint density at radius 2 is 1.92 bits per heavy atom. The fraction of sp³-hybridized carbons (Fsp3) is 0.667. The van der Waals surface area contributed by atoms with Crippen LogP contribution in [-0.2, 0) is 15.9 Å². The van der Waals surface area contributed by atoms with Crippen molar-refractivity contribution < 1.29 is 14.3 Å². The summed E-state index contributed by atoms with van der Waals surface area (Å²) in [4.78, 5) is 12.2. The van der Waals surface area contributed by atoms with E-state index in [-0.39, 0.29) is 17.6 Å². The summed E-state index contributed by atoms with van der Waals surface area (Å²) in [6, 6.07) is 10.7. The lowest BCUT2D eigenvalue weighted by Crippen LogP contribution is -2.53. The first-order valence-corrected chi connectivity index (χ1v) is 9.45. The third-order valence-electron chi connectivity index (χ3n) is 4.67. The molecule has 146 valence electrons. The fourth-order valence-electron chi connectivity index (χ4n) is 3.60. The third-order valence-corrected chi connectivity index (χ3v) is 4.67. The summed E-state index contributed by atoms with van der Waals surface area (Å²) in [6.07, 6.45) is 2.62. The number of hydrogen-bond acceptors (Lipinski definition) is 4. The van der Waals surface area contributed by atoms with Crippen LogP contribution in [0, 0.1) is 5.41 Å². The van der Waals surface area contributed by atoms with E-state index in [2.05, 4.69) is 29.7 Å². The molecular weight excluding hydrogens is 328 g/mol. The van der Waals surface area contributed by atoms with Crippen LogP contribution in [0.5, 0.6) is 0 Å². The van der Waals surface area contributed by atoms with E-state index < -0.39 is 5.60 Å². The summed E-state index contributed by atoms with van der Waals surface area (Å²) in [7, 11) is 1.76. The number of carbonyl (C=O) groups is 1. The van der Waals surface area contributed by atoms with Crippen molar-refractivity contribution in [2.24, 2.45) is 5.41 Å². The summed E-state index contributed by atoms with van der Waals surface area (Å²) in [5, 5.41) is 6.62. The van der Waals surface area contributed by atoms with Crippen LogP contribution in [0.3, 0.4) is 0 Å². The number of benzene rings is 1. The van der Waals surface area contributed by atoms with E-state index in [1.54, 1.807) is 7.11 Å². The minimum absolute atomic E-state index is 0.0125. The average Bonchev–Trinajstić information content (AvgIpc) is 2.50. The van der Waals surface area contributed by atoms with Gasteiger partial charge in [0.2, 0.25) is 0 Å². The first-order valence-electron chi connectivity index (χ1n) is 9.45. The molecule has 0 aromatic heterocycles. The molecule has 0 heterocycles. The van der Waals surface area contributed by atoms with E-state index >= 15 is 0 Å². The van der Waals surface area contributed by atoms with Gasteiger partial charge in [0.1, 0.15) is 5.60 Å². The zero-order valence-corrected chi connectivity index (χ0v) is 16.8. The molecule has 0 saturated heterocycles. The van der Waals surface area contributed by atoms with Gasteiger partial charge in [-0.15, -0.1) is 0 Å². The summed E-state index contributed by atoms with van der Waals surface area (Å²) in [5.74, 6) is 0. The zero-order chi connectivity index (χ0) is 19.2. The largest absolute Gasteiger partial charge is 0.444 e. The second-order valence-corrected chi connectivity index (χ2v) is 8.79. The molecular formula is C21H34N2O3. The number of hydrogen-bond donors (Lipinski definition) is 2. The molecule has 0 aliphatic heterocycles. The molecule has 0 radical (unpaired) electrons. The Morgan fingerprint density at radius 1 is 1.27 bits per heavy atom. The highest BCUT2D eigenvalue weighted by Gasteiger charge is 2.40. The predicted octanol–water partition coefficient (Wildman–Crippen LogP) is 3.53. The summed E-state index contributed by atoms with van der Waals surface area (Å²) in [6.45, 7) is 9.41. The van der Waals surface area contributed by atoms with Crippen LogP contribution in [0.15, 0.2) is 30.3 Å². The Labute approximate surface area is 157 Å². The lowest BCUT2D eigenvalue weighted by Gasteiger charge is -2.45. The Morgan fingerprint density at radius 3 is 2.50 bits per heavy atom. The van der Waals surface area contributed by atoms with Crippen molar-refractivity contribution in [3.05, 3.63) is 35.9 Å². The molecule has 1 fully saturated rings. The molecule has 1 atom stereocenters. The van der Waals surface area contributed by atoms with Crippen LogP contribution in [0.25, 0.3) is 0 Å². The second-order valence-electron chi connectivity index (χ2n) is 8.79. The molecule has 2 rings (SSSR count). The Kier molecular flexibility index (Phi) is 7.07. The van der Waals surface area contributed by atoms with Gasteiger partial charge in [-0.05, 0) is 51.0 Å². The van der Waals surface area contributed by atoms with Gasteiger partial charge in [0, 0.05) is 25.7 Å². The third kappa shape index (κ3) is 6.96. The molecule has 1 aliphatic rings. The first kappa shape index (κ1) is 20.7. The van der Waals surface area contributed by atoms with Crippen LogP contribution in [0.1, 0.15) is 46.1 Å². The van der Waals surface area contributed by atoms with Crippen molar-refractivity contribution in [1.82, 2.24) is 10.6 Å². The van der Waals surface area contributed by atoms with Gasteiger partial charge in [0.15, 0.2) is 0 Å². The highest BCUT2D eigenvalue weighted by molar-refractivity contribution is 5.68. The van der Waals surface area contributed by atoms with E-state index in [0.29, 0.717) is 6.04 Å². The maximum absolute atomic E-state index is 12.2. The van der Waals surface area contributed by atoms with Gasteiger partial charge in [0.05, 0.1) is 6.61 Å². The summed E-state index contributed by atoms with van der Waals surface area (Å²) >= 11 is 0. The zero-order valence-electron chi connectivity index (χ0n) is 16.8. The highest BCUT2D eigenvalue weighted by atomic mass is 16.6. The molecule has 5 nitrogen and oxygen atoms in total. The molecule has 1 aliphatic carbocycles. The average molecular weight is 363 g/mol. The minimum atomic E-state index is -0.495. The number of amides is 1. The highest BCUT2D eigenvalue weighted by Crippen LogP contribution is 2.40. The molecule has 1 aromatic carbocycles. The normalized spacial score (nSPS) is 23.8. The fourth-order valence-corrected chi connectivity index (χ4v) is 3.60. The Balaban J connectivity index is 1.88. The van der Waals surface area contributed by atoms with Crippen molar-refractivity contribution in [1.29, 1.82) is 0 Å². The number of nitrogens with one attached hydrogen (secondary N) is 2. The van der Waals surface area contributed by atoms with Gasteiger partial charge >= 0.3 is 6.09 Å². The Bertz CT molecular complexity index is 562. The molecule has 0 bridgehead atoms. The minimum Gasteiger partial charge on any atom is -0.444 e. The van der Waals surface area contributed by atoms with Gasteiger partial charge in [-0.1, -0.05) is 37.3 Å². The second kappa shape index (κ2) is 8.87. The van der Waals surface area contributed by atoms with Crippen LogP contribution in [0.4, 0.5) is 4.79 Å². The van der Waals surface area contributed by atoms with Crippen molar-refractivity contribution in [2.75, 3.05) is 20.3 Å². The lowest BCUT2D eigenvalue weighted by molar-refractivity contribution is 0.00777. The van der Waals surface area contributed by atoms with Crippen LogP contribution in [0.2, 0.25) is 0 Å². The molecule has 0 spiro atoms. The maximum atomic E-state index is 12.2. The van der Waals surface area contributed by atoms with Gasteiger partial charge in [-0.2, -0.15) is 0 Å². The van der Waals surface area contributed by atoms with Crippen molar-refractivity contribution in [3.63, 3.8) is 0 Å². The van der Waals surface area contributed by atoms with Gasteiger partial charge in [-0.3, -0.25) is 0 Å². The lowest BCUT2D eigenvalue weighted by atomic mass is 9.67. The molecule has 0 unspecified atom stereocenters. The number of carbonyl (C=O) groups excluding carboxylic acids is 1. The molecule has 1 aromatic rings. The topological polar surface area (TPSA) is 59.6 Å². The Hall–Kier alpha value is -1.59.